The van der Waals surface area contributed by atoms with Gasteiger partial charge in [-0.05, 0) is 24.0 Å². The normalized spacial score (nSPS) is 27.0. The molecule has 2 heteroatoms. The predicted octanol–water partition coefficient (Wildman–Crippen LogP) is 1.39. The minimum absolute atomic E-state index is 0.0393. The fraction of sp³-hybridized carbons (Fsp3) is 0.417. The first kappa shape index (κ1) is 8.18. The molecule has 1 heterocycles. The Bertz CT molecular complexity index is 382. The Morgan fingerprint density at radius 2 is 2.14 bits per heavy atom. The van der Waals surface area contributed by atoms with Gasteiger partial charge in [-0.3, -0.25) is 0 Å². The minimum Gasteiger partial charge on any atom is -0.303 e. The SMILES string of the molecule is O=CC1NCc2ccccc2C12CC2. The van der Waals surface area contributed by atoms with E-state index >= 15 is 0 Å². The quantitative estimate of drug-likeness (QED) is 0.673. The van der Waals surface area contributed by atoms with Gasteiger partial charge in [-0.25, -0.2) is 0 Å². The highest BCUT2D eigenvalue weighted by Crippen LogP contribution is 2.53. The fourth-order valence-electron chi connectivity index (χ4n) is 2.64. The van der Waals surface area contributed by atoms with Crippen molar-refractivity contribution < 1.29 is 4.79 Å². The third kappa shape index (κ3) is 0.919. The van der Waals surface area contributed by atoms with Crippen molar-refractivity contribution in [2.75, 3.05) is 0 Å². The molecule has 14 heavy (non-hydrogen) atoms. The molecule has 1 saturated carbocycles. The lowest BCUT2D eigenvalue weighted by atomic mass is 9.82. The number of hydrogen-bond acceptors (Lipinski definition) is 2. The van der Waals surface area contributed by atoms with Gasteiger partial charge >= 0.3 is 0 Å². The number of aldehydes is 1. The van der Waals surface area contributed by atoms with Crippen LogP contribution < -0.4 is 5.32 Å². The second-order valence-electron chi connectivity index (χ2n) is 4.31. The predicted molar refractivity (Wildman–Crippen MR) is 54.0 cm³/mol. The summed E-state index contributed by atoms with van der Waals surface area (Å²) >= 11 is 0. The molecule has 1 N–H and O–H groups in total. The molecule has 0 bridgehead atoms. The maximum atomic E-state index is 11.0. The van der Waals surface area contributed by atoms with Crippen LogP contribution in [0.4, 0.5) is 0 Å². The molecule has 0 aromatic heterocycles. The maximum Gasteiger partial charge on any atom is 0.137 e. The molecule has 1 fully saturated rings. The highest BCUT2D eigenvalue weighted by atomic mass is 16.1. The standard InChI is InChI=1S/C12H13NO/c14-8-11-12(5-6-12)10-4-2-1-3-9(10)7-13-11/h1-4,8,11,13H,5-7H2. The van der Waals surface area contributed by atoms with Crippen LogP contribution in [0.2, 0.25) is 0 Å². The highest BCUT2D eigenvalue weighted by molar-refractivity contribution is 5.65. The highest BCUT2D eigenvalue weighted by Gasteiger charge is 2.53. The van der Waals surface area contributed by atoms with Crippen LogP contribution >= 0.6 is 0 Å². The second-order valence-corrected chi connectivity index (χ2v) is 4.31. The van der Waals surface area contributed by atoms with E-state index in [9.17, 15) is 4.79 Å². The Morgan fingerprint density at radius 1 is 1.36 bits per heavy atom. The number of nitrogens with one attached hydrogen (secondary N) is 1. The van der Waals surface area contributed by atoms with Gasteiger partial charge in [-0.15, -0.1) is 0 Å². The number of carbonyl (C=O) groups excluding carboxylic acids is 1. The molecule has 2 nitrogen and oxygen atoms in total. The summed E-state index contributed by atoms with van der Waals surface area (Å²) in [5, 5.41) is 3.31. The summed E-state index contributed by atoms with van der Waals surface area (Å²) < 4.78 is 0. The number of benzene rings is 1. The van der Waals surface area contributed by atoms with Crippen LogP contribution in [0.3, 0.4) is 0 Å². The van der Waals surface area contributed by atoms with Crippen LogP contribution in [0, 0.1) is 0 Å². The van der Waals surface area contributed by atoms with Gasteiger partial charge in [0.05, 0.1) is 6.04 Å². The Hall–Kier alpha value is -1.15. The molecular weight excluding hydrogens is 174 g/mol. The number of fused-ring (bicyclic) bond motifs is 2. The molecule has 0 amide bonds. The largest absolute Gasteiger partial charge is 0.303 e. The van der Waals surface area contributed by atoms with E-state index < -0.39 is 0 Å². The summed E-state index contributed by atoms with van der Waals surface area (Å²) in [6.45, 7) is 0.835. The van der Waals surface area contributed by atoms with Crippen molar-refractivity contribution in [3.63, 3.8) is 0 Å². The van der Waals surface area contributed by atoms with Crippen LogP contribution in [-0.4, -0.2) is 12.3 Å². The van der Waals surface area contributed by atoms with E-state index in [1.165, 1.54) is 11.1 Å². The first-order valence-corrected chi connectivity index (χ1v) is 5.14. The molecule has 1 spiro atoms. The summed E-state index contributed by atoms with van der Waals surface area (Å²) in [7, 11) is 0. The third-order valence-electron chi connectivity index (χ3n) is 3.59. The first-order chi connectivity index (χ1) is 6.87. The van der Waals surface area contributed by atoms with Crippen molar-refractivity contribution >= 4 is 6.29 Å². The molecule has 1 aromatic rings. The Labute approximate surface area is 83.3 Å². The Kier molecular flexibility index (Phi) is 1.56. The third-order valence-corrected chi connectivity index (χ3v) is 3.59. The van der Waals surface area contributed by atoms with E-state index in [2.05, 4.69) is 29.6 Å². The molecule has 0 saturated heterocycles. The van der Waals surface area contributed by atoms with Crippen LogP contribution in [0.5, 0.6) is 0 Å². The van der Waals surface area contributed by atoms with Gasteiger partial charge in [0.1, 0.15) is 6.29 Å². The Morgan fingerprint density at radius 3 is 2.86 bits per heavy atom. The van der Waals surface area contributed by atoms with E-state index in [1.807, 2.05) is 0 Å². The lowest BCUT2D eigenvalue weighted by molar-refractivity contribution is -0.110. The molecule has 1 unspecified atom stereocenters. The zero-order valence-electron chi connectivity index (χ0n) is 7.99. The van der Waals surface area contributed by atoms with Crippen molar-refractivity contribution in [1.29, 1.82) is 0 Å². The zero-order valence-corrected chi connectivity index (χ0v) is 7.99. The lowest BCUT2D eigenvalue weighted by Crippen LogP contribution is -2.45. The average Bonchev–Trinajstić information content (AvgIpc) is 3.01. The first-order valence-electron chi connectivity index (χ1n) is 5.14. The van der Waals surface area contributed by atoms with Gasteiger partial charge in [-0.2, -0.15) is 0 Å². The van der Waals surface area contributed by atoms with Crippen molar-refractivity contribution in [1.82, 2.24) is 5.32 Å². The molecule has 3 rings (SSSR count). The average molecular weight is 187 g/mol. The summed E-state index contributed by atoms with van der Waals surface area (Å²) in [6, 6.07) is 8.52. The van der Waals surface area contributed by atoms with Crippen LogP contribution in [-0.2, 0) is 16.8 Å². The van der Waals surface area contributed by atoms with Gasteiger partial charge in [0.2, 0.25) is 0 Å². The van der Waals surface area contributed by atoms with Crippen molar-refractivity contribution in [2.45, 2.75) is 30.8 Å². The topological polar surface area (TPSA) is 29.1 Å². The van der Waals surface area contributed by atoms with Gasteiger partial charge in [-0.1, -0.05) is 24.3 Å². The second kappa shape index (κ2) is 2.67. The van der Waals surface area contributed by atoms with Crippen LogP contribution in [0.15, 0.2) is 24.3 Å². The maximum absolute atomic E-state index is 11.0. The molecule has 0 radical (unpaired) electrons. The fourth-order valence-corrected chi connectivity index (χ4v) is 2.64. The van der Waals surface area contributed by atoms with Gasteiger partial charge in [0.25, 0.3) is 0 Å². The number of carbonyl (C=O) groups is 1. The summed E-state index contributed by atoms with van der Waals surface area (Å²) in [6.07, 6.45) is 3.38. The molecular formula is C12H13NO. The summed E-state index contributed by atoms with van der Waals surface area (Å²) in [5.74, 6) is 0. The molecule has 72 valence electrons. The smallest absolute Gasteiger partial charge is 0.137 e. The summed E-state index contributed by atoms with van der Waals surface area (Å²) in [4.78, 5) is 11.0. The van der Waals surface area contributed by atoms with Crippen molar-refractivity contribution in [3.05, 3.63) is 35.4 Å². The minimum atomic E-state index is 0.0393. The van der Waals surface area contributed by atoms with Crippen molar-refractivity contribution in [2.24, 2.45) is 0 Å². The molecule has 1 aromatic carbocycles. The van der Waals surface area contributed by atoms with E-state index in [0.717, 1.165) is 25.7 Å². The Balaban J connectivity index is 2.12. The monoisotopic (exact) mass is 187 g/mol. The van der Waals surface area contributed by atoms with E-state index in [4.69, 9.17) is 0 Å². The van der Waals surface area contributed by atoms with E-state index in [-0.39, 0.29) is 11.5 Å². The lowest BCUT2D eigenvalue weighted by Gasteiger charge is -2.31. The summed E-state index contributed by atoms with van der Waals surface area (Å²) in [5.41, 5.74) is 2.91. The molecule has 1 aliphatic heterocycles. The number of rotatable bonds is 1. The van der Waals surface area contributed by atoms with Gasteiger partial charge < -0.3 is 10.1 Å². The van der Waals surface area contributed by atoms with Gasteiger partial charge in [0.15, 0.2) is 0 Å². The van der Waals surface area contributed by atoms with E-state index in [0.29, 0.717) is 0 Å². The zero-order chi connectivity index (χ0) is 9.60. The van der Waals surface area contributed by atoms with Crippen LogP contribution in [0.1, 0.15) is 24.0 Å². The van der Waals surface area contributed by atoms with E-state index in [1.54, 1.807) is 0 Å². The molecule has 2 aliphatic rings. The van der Waals surface area contributed by atoms with Crippen molar-refractivity contribution in [3.8, 4) is 0 Å². The van der Waals surface area contributed by atoms with Crippen LogP contribution in [0.25, 0.3) is 0 Å². The molecule has 1 aliphatic carbocycles. The molecule has 1 atom stereocenters. The van der Waals surface area contributed by atoms with Gasteiger partial charge in [0, 0.05) is 12.0 Å². The number of hydrogen-bond donors (Lipinski definition) is 1.